The summed E-state index contributed by atoms with van der Waals surface area (Å²) in [6.07, 6.45) is 2.25. The smallest absolute Gasteiger partial charge is 0.238 e. The number of nitrogens with zero attached hydrogens (tertiary/aromatic N) is 1. The molecule has 0 fully saturated rings. The molecular formula is C14H22N2O2. The number of rotatable bonds is 7. The van der Waals surface area contributed by atoms with Crippen LogP contribution in [0.3, 0.4) is 0 Å². The van der Waals surface area contributed by atoms with Gasteiger partial charge in [0.05, 0.1) is 13.7 Å². The van der Waals surface area contributed by atoms with Gasteiger partial charge in [0.15, 0.2) is 0 Å². The standard InChI is InChI=1S/C14H22N2O2/c1-4-5-9-16(2)11-14(17)15-12-7-6-8-13(10-12)18-3/h6-8,10H,4-5,9,11H2,1-3H3,(H,15,17). The second-order valence-electron chi connectivity index (χ2n) is 4.37. The first kappa shape index (κ1) is 14.5. The van der Waals surface area contributed by atoms with Crippen LogP contribution in [-0.2, 0) is 4.79 Å². The predicted octanol–water partition coefficient (Wildman–Crippen LogP) is 2.37. The largest absolute Gasteiger partial charge is 0.497 e. The number of anilines is 1. The fourth-order valence-corrected chi connectivity index (χ4v) is 1.65. The van der Waals surface area contributed by atoms with Crippen LogP contribution in [0.25, 0.3) is 0 Å². The van der Waals surface area contributed by atoms with Gasteiger partial charge in [-0.1, -0.05) is 19.4 Å². The summed E-state index contributed by atoms with van der Waals surface area (Å²) in [5, 5.41) is 2.86. The molecule has 100 valence electrons. The average Bonchev–Trinajstić information content (AvgIpc) is 2.36. The van der Waals surface area contributed by atoms with Crippen LogP contribution in [0.4, 0.5) is 5.69 Å². The number of hydrogen-bond acceptors (Lipinski definition) is 3. The molecule has 0 heterocycles. The summed E-state index contributed by atoms with van der Waals surface area (Å²) in [6, 6.07) is 7.37. The number of methoxy groups -OCH3 is 1. The van der Waals surface area contributed by atoms with Crippen molar-refractivity contribution >= 4 is 11.6 Å². The monoisotopic (exact) mass is 250 g/mol. The van der Waals surface area contributed by atoms with Crippen molar-refractivity contribution < 1.29 is 9.53 Å². The molecule has 4 nitrogen and oxygen atoms in total. The third-order valence-electron chi connectivity index (χ3n) is 2.66. The predicted molar refractivity (Wildman–Crippen MR) is 74.0 cm³/mol. The zero-order valence-electron chi connectivity index (χ0n) is 11.4. The van der Waals surface area contributed by atoms with Gasteiger partial charge in [-0.2, -0.15) is 0 Å². The van der Waals surface area contributed by atoms with Crippen LogP contribution < -0.4 is 10.1 Å². The summed E-state index contributed by atoms with van der Waals surface area (Å²) >= 11 is 0. The highest BCUT2D eigenvalue weighted by Crippen LogP contribution is 2.16. The third-order valence-corrected chi connectivity index (χ3v) is 2.66. The van der Waals surface area contributed by atoms with Gasteiger partial charge in [-0.25, -0.2) is 0 Å². The lowest BCUT2D eigenvalue weighted by molar-refractivity contribution is -0.117. The first-order chi connectivity index (χ1) is 8.65. The van der Waals surface area contributed by atoms with E-state index in [9.17, 15) is 4.79 Å². The highest BCUT2D eigenvalue weighted by molar-refractivity contribution is 5.92. The molecular weight excluding hydrogens is 228 g/mol. The van der Waals surface area contributed by atoms with Gasteiger partial charge in [-0.15, -0.1) is 0 Å². The Hall–Kier alpha value is -1.55. The summed E-state index contributed by atoms with van der Waals surface area (Å²) in [7, 11) is 3.57. The fourth-order valence-electron chi connectivity index (χ4n) is 1.65. The molecule has 0 aromatic heterocycles. The van der Waals surface area contributed by atoms with Gasteiger partial charge < -0.3 is 10.1 Å². The van der Waals surface area contributed by atoms with Crippen molar-refractivity contribution in [3.8, 4) is 5.75 Å². The molecule has 0 radical (unpaired) electrons. The van der Waals surface area contributed by atoms with Crippen molar-refractivity contribution in [1.29, 1.82) is 0 Å². The van der Waals surface area contributed by atoms with Crippen LogP contribution >= 0.6 is 0 Å². The quantitative estimate of drug-likeness (QED) is 0.807. The lowest BCUT2D eigenvalue weighted by atomic mass is 10.3. The Morgan fingerprint density at radius 3 is 2.89 bits per heavy atom. The van der Waals surface area contributed by atoms with Crippen LogP contribution in [0, 0.1) is 0 Å². The summed E-state index contributed by atoms with van der Waals surface area (Å²) in [5.41, 5.74) is 0.767. The van der Waals surface area contributed by atoms with Crippen molar-refractivity contribution in [2.75, 3.05) is 32.6 Å². The van der Waals surface area contributed by atoms with E-state index in [4.69, 9.17) is 4.74 Å². The molecule has 0 spiro atoms. The molecule has 1 aromatic rings. The molecule has 0 aliphatic carbocycles. The van der Waals surface area contributed by atoms with E-state index < -0.39 is 0 Å². The van der Waals surface area contributed by atoms with E-state index >= 15 is 0 Å². The van der Waals surface area contributed by atoms with Crippen LogP contribution in [0.5, 0.6) is 5.75 Å². The van der Waals surface area contributed by atoms with E-state index in [-0.39, 0.29) is 5.91 Å². The van der Waals surface area contributed by atoms with Crippen molar-refractivity contribution in [1.82, 2.24) is 4.90 Å². The molecule has 0 saturated heterocycles. The second-order valence-corrected chi connectivity index (χ2v) is 4.37. The number of nitrogens with one attached hydrogen (secondary N) is 1. The minimum Gasteiger partial charge on any atom is -0.497 e. The lowest BCUT2D eigenvalue weighted by Crippen LogP contribution is -2.30. The molecule has 1 rings (SSSR count). The Balaban J connectivity index is 2.43. The van der Waals surface area contributed by atoms with Crippen LogP contribution in [-0.4, -0.2) is 38.1 Å². The van der Waals surface area contributed by atoms with Gasteiger partial charge in [0.2, 0.25) is 5.91 Å². The molecule has 0 aliphatic heterocycles. The minimum absolute atomic E-state index is 0.00172. The molecule has 0 aliphatic rings. The van der Waals surface area contributed by atoms with Gasteiger partial charge in [0.1, 0.15) is 5.75 Å². The Kier molecular flexibility index (Phi) is 6.22. The topological polar surface area (TPSA) is 41.6 Å². The van der Waals surface area contributed by atoms with Crippen LogP contribution in [0.2, 0.25) is 0 Å². The highest BCUT2D eigenvalue weighted by Gasteiger charge is 2.06. The first-order valence-electron chi connectivity index (χ1n) is 6.28. The molecule has 1 aromatic carbocycles. The van der Waals surface area contributed by atoms with Crippen molar-refractivity contribution in [3.63, 3.8) is 0 Å². The third kappa shape index (κ3) is 5.19. The van der Waals surface area contributed by atoms with Gasteiger partial charge >= 0.3 is 0 Å². The lowest BCUT2D eigenvalue weighted by Gasteiger charge is -2.15. The van der Waals surface area contributed by atoms with Gasteiger partial charge in [-0.05, 0) is 32.1 Å². The van der Waals surface area contributed by atoms with E-state index in [0.29, 0.717) is 6.54 Å². The number of carbonyl (C=O) groups is 1. The van der Waals surface area contributed by atoms with Crippen molar-refractivity contribution in [3.05, 3.63) is 24.3 Å². The number of carbonyl (C=O) groups excluding carboxylic acids is 1. The summed E-state index contributed by atoms with van der Waals surface area (Å²) in [6.45, 7) is 3.50. The Bertz CT molecular complexity index is 380. The molecule has 0 unspecified atom stereocenters. The van der Waals surface area contributed by atoms with Crippen LogP contribution in [0.1, 0.15) is 19.8 Å². The van der Waals surface area contributed by atoms with Gasteiger partial charge in [0.25, 0.3) is 0 Å². The SMILES string of the molecule is CCCCN(C)CC(=O)Nc1cccc(OC)c1. The van der Waals surface area contributed by atoms with Crippen molar-refractivity contribution in [2.45, 2.75) is 19.8 Å². The molecule has 4 heteroatoms. The minimum atomic E-state index is 0.00172. The molecule has 0 atom stereocenters. The first-order valence-corrected chi connectivity index (χ1v) is 6.28. The van der Waals surface area contributed by atoms with E-state index in [2.05, 4.69) is 12.2 Å². The Labute approximate surface area is 109 Å². The molecule has 18 heavy (non-hydrogen) atoms. The highest BCUT2D eigenvalue weighted by atomic mass is 16.5. The maximum Gasteiger partial charge on any atom is 0.238 e. The normalized spacial score (nSPS) is 10.4. The molecule has 1 amide bonds. The Morgan fingerprint density at radius 2 is 2.22 bits per heavy atom. The summed E-state index contributed by atoms with van der Waals surface area (Å²) in [4.78, 5) is 13.8. The zero-order chi connectivity index (χ0) is 13.4. The van der Waals surface area contributed by atoms with Gasteiger partial charge in [0, 0.05) is 11.8 Å². The van der Waals surface area contributed by atoms with Crippen LogP contribution in [0.15, 0.2) is 24.3 Å². The molecule has 0 saturated carbocycles. The molecule has 0 bridgehead atoms. The van der Waals surface area contributed by atoms with Gasteiger partial charge in [-0.3, -0.25) is 9.69 Å². The zero-order valence-corrected chi connectivity index (χ0v) is 11.4. The summed E-state index contributed by atoms with van der Waals surface area (Å²) in [5.74, 6) is 0.744. The second kappa shape index (κ2) is 7.71. The maximum atomic E-state index is 11.8. The number of likely N-dealkylation sites (N-methyl/N-ethyl adjacent to an activating group) is 1. The molecule has 1 N–H and O–H groups in total. The number of ether oxygens (including phenoxy) is 1. The van der Waals surface area contributed by atoms with Crippen molar-refractivity contribution in [2.24, 2.45) is 0 Å². The summed E-state index contributed by atoms with van der Waals surface area (Å²) < 4.78 is 5.11. The van der Waals surface area contributed by atoms with E-state index in [1.165, 1.54) is 0 Å². The average molecular weight is 250 g/mol. The number of amides is 1. The van der Waals surface area contributed by atoms with E-state index in [1.807, 2.05) is 36.2 Å². The number of benzene rings is 1. The maximum absolute atomic E-state index is 11.8. The fraction of sp³-hybridized carbons (Fsp3) is 0.500. The number of hydrogen-bond donors (Lipinski definition) is 1. The van der Waals surface area contributed by atoms with E-state index in [1.54, 1.807) is 7.11 Å². The van der Waals surface area contributed by atoms with E-state index in [0.717, 1.165) is 30.8 Å². The Morgan fingerprint density at radius 1 is 1.44 bits per heavy atom. The number of unbranched alkanes of at least 4 members (excludes halogenated alkanes) is 1.